The van der Waals surface area contributed by atoms with Gasteiger partial charge in [-0.3, -0.25) is 0 Å². The third-order valence-corrected chi connectivity index (χ3v) is 5.09. The monoisotopic (exact) mass is 371 g/mol. The number of aromatic carboxylic acids is 1. The summed E-state index contributed by atoms with van der Waals surface area (Å²) in [4.78, 5) is 15.7. The van der Waals surface area contributed by atoms with Gasteiger partial charge in [-0.15, -0.1) is 0 Å². The Morgan fingerprint density at radius 2 is 1.93 bits per heavy atom. The number of carboxylic acid groups (broad SMARTS) is 1. The predicted molar refractivity (Wildman–Crippen MR) is 105 cm³/mol. The van der Waals surface area contributed by atoms with E-state index >= 15 is 0 Å². The van der Waals surface area contributed by atoms with E-state index < -0.39 is 5.97 Å². The number of hydrogen-bond donors (Lipinski definition) is 2. The number of hydrogen-bond acceptors (Lipinski definition) is 4. The Balaban J connectivity index is 1.74. The summed E-state index contributed by atoms with van der Waals surface area (Å²) in [6.07, 6.45) is 0. The van der Waals surface area contributed by atoms with Gasteiger partial charge >= 0.3 is 5.97 Å². The van der Waals surface area contributed by atoms with Crippen molar-refractivity contribution in [1.82, 2.24) is 10.2 Å². The number of rotatable bonds is 6. The van der Waals surface area contributed by atoms with Crippen LogP contribution in [0.1, 0.15) is 34.5 Å². The molecule has 1 aliphatic heterocycles. The summed E-state index contributed by atoms with van der Waals surface area (Å²) in [7, 11) is 2.11. The van der Waals surface area contributed by atoms with Crippen molar-refractivity contribution in [2.75, 3.05) is 38.1 Å². The van der Waals surface area contributed by atoms with Gasteiger partial charge in [0.15, 0.2) is 0 Å². The summed E-state index contributed by atoms with van der Waals surface area (Å²) in [6, 6.07) is 11.8. The number of halogens is 1. The largest absolute Gasteiger partial charge is 0.478 e. The van der Waals surface area contributed by atoms with Crippen LogP contribution in [0.25, 0.3) is 0 Å². The van der Waals surface area contributed by atoms with E-state index in [4.69, 9.17) is 5.11 Å². The highest BCUT2D eigenvalue weighted by Gasteiger charge is 2.20. The molecule has 27 heavy (non-hydrogen) atoms. The second-order valence-electron chi connectivity index (χ2n) is 7.10. The van der Waals surface area contributed by atoms with Crippen LogP contribution in [-0.2, 0) is 6.54 Å². The van der Waals surface area contributed by atoms with E-state index in [1.807, 2.05) is 19.1 Å². The lowest BCUT2D eigenvalue weighted by molar-refractivity contribution is 0.0696. The molecule has 6 heteroatoms. The summed E-state index contributed by atoms with van der Waals surface area (Å²) in [5.41, 5.74) is 3.14. The zero-order valence-electron chi connectivity index (χ0n) is 15.8. The minimum atomic E-state index is -0.938. The lowest BCUT2D eigenvalue weighted by atomic mass is 10.0. The van der Waals surface area contributed by atoms with Crippen LogP contribution in [0, 0.1) is 5.82 Å². The Morgan fingerprint density at radius 1 is 1.19 bits per heavy atom. The van der Waals surface area contributed by atoms with Gasteiger partial charge in [-0.1, -0.05) is 12.1 Å². The van der Waals surface area contributed by atoms with Crippen molar-refractivity contribution in [2.45, 2.75) is 19.5 Å². The highest BCUT2D eigenvalue weighted by molar-refractivity contribution is 5.87. The van der Waals surface area contributed by atoms with Crippen molar-refractivity contribution in [2.24, 2.45) is 0 Å². The first-order valence-corrected chi connectivity index (χ1v) is 9.22. The van der Waals surface area contributed by atoms with Gasteiger partial charge in [-0.05, 0) is 55.4 Å². The first-order chi connectivity index (χ1) is 12.9. The molecular weight excluding hydrogens is 345 g/mol. The summed E-state index contributed by atoms with van der Waals surface area (Å²) >= 11 is 0. The number of carboxylic acids is 1. The molecule has 5 nitrogen and oxygen atoms in total. The number of carbonyl (C=O) groups is 1. The fourth-order valence-electron chi connectivity index (χ4n) is 3.40. The molecule has 2 aromatic carbocycles. The number of anilines is 1. The summed E-state index contributed by atoms with van der Waals surface area (Å²) in [5.74, 6) is -1.18. The van der Waals surface area contributed by atoms with Crippen molar-refractivity contribution in [1.29, 1.82) is 0 Å². The maximum absolute atomic E-state index is 13.9. The third-order valence-electron chi connectivity index (χ3n) is 5.09. The van der Waals surface area contributed by atoms with Gasteiger partial charge in [-0.25, -0.2) is 9.18 Å². The van der Waals surface area contributed by atoms with Crippen LogP contribution in [0.5, 0.6) is 0 Å². The Hall–Kier alpha value is -2.44. The Morgan fingerprint density at radius 3 is 2.63 bits per heavy atom. The molecule has 0 bridgehead atoms. The van der Waals surface area contributed by atoms with E-state index in [0.29, 0.717) is 6.54 Å². The van der Waals surface area contributed by atoms with Gasteiger partial charge in [0.25, 0.3) is 0 Å². The molecule has 1 saturated heterocycles. The van der Waals surface area contributed by atoms with Gasteiger partial charge in [0, 0.05) is 44.5 Å². The minimum absolute atomic E-state index is 0.0659. The van der Waals surface area contributed by atoms with Crippen molar-refractivity contribution in [3.63, 3.8) is 0 Å². The molecule has 2 N–H and O–H groups in total. The number of nitrogens with one attached hydrogen (secondary N) is 1. The van der Waals surface area contributed by atoms with Crippen LogP contribution in [0.3, 0.4) is 0 Å². The zero-order chi connectivity index (χ0) is 19.4. The second kappa shape index (κ2) is 8.50. The van der Waals surface area contributed by atoms with Gasteiger partial charge in [0.05, 0.1) is 5.56 Å². The smallest absolute Gasteiger partial charge is 0.335 e. The van der Waals surface area contributed by atoms with Crippen LogP contribution in [0.15, 0.2) is 42.5 Å². The van der Waals surface area contributed by atoms with Crippen LogP contribution in [0.4, 0.5) is 10.1 Å². The zero-order valence-corrected chi connectivity index (χ0v) is 15.8. The molecule has 144 valence electrons. The number of likely N-dealkylation sites (N-methyl/N-ethyl adjacent to an activating group) is 1. The van der Waals surface area contributed by atoms with Gasteiger partial charge in [0.1, 0.15) is 5.82 Å². The molecule has 0 aromatic heterocycles. The first kappa shape index (κ1) is 19.3. The molecule has 0 spiro atoms. The van der Waals surface area contributed by atoms with Gasteiger partial charge < -0.3 is 20.2 Å². The topological polar surface area (TPSA) is 55.8 Å². The van der Waals surface area contributed by atoms with Crippen molar-refractivity contribution < 1.29 is 14.3 Å². The van der Waals surface area contributed by atoms with Crippen molar-refractivity contribution >= 4 is 11.7 Å². The standard InChI is InChI=1S/C21H26FN3O2/c1-15(23-14-16-4-3-5-17(12-16)21(26)27)19-13-18(22)6-7-20(19)25-10-8-24(2)9-11-25/h3-7,12-13,15,23H,8-11,14H2,1-2H3,(H,26,27). The molecule has 0 saturated carbocycles. The van der Waals surface area contributed by atoms with Crippen LogP contribution in [-0.4, -0.2) is 49.2 Å². The molecule has 0 amide bonds. The molecule has 3 rings (SSSR count). The molecule has 1 fully saturated rings. The molecule has 1 heterocycles. The SMILES string of the molecule is CC(NCc1cccc(C(=O)O)c1)c1cc(F)ccc1N1CCN(C)CC1. The highest BCUT2D eigenvalue weighted by atomic mass is 19.1. The van der Waals surface area contributed by atoms with E-state index in [1.165, 1.54) is 6.07 Å². The average Bonchev–Trinajstić information content (AvgIpc) is 2.67. The van der Waals surface area contributed by atoms with E-state index in [-0.39, 0.29) is 17.4 Å². The van der Waals surface area contributed by atoms with Gasteiger partial charge in [-0.2, -0.15) is 0 Å². The second-order valence-corrected chi connectivity index (χ2v) is 7.10. The molecule has 1 atom stereocenters. The quantitative estimate of drug-likeness (QED) is 0.817. The maximum Gasteiger partial charge on any atom is 0.335 e. The summed E-state index contributed by atoms with van der Waals surface area (Å²) in [5, 5.41) is 12.5. The van der Waals surface area contributed by atoms with Crippen LogP contribution >= 0.6 is 0 Å². The fourth-order valence-corrected chi connectivity index (χ4v) is 3.40. The van der Waals surface area contributed by atoms with Crippen LogP contribution in [0.2, 0.25) is 0 Å². The minimum Gasteiger partial charge on any atom is -0.478 e. The average molecular weight is 371 g/mol. The van der Waals surface area contributed by atoms with Crippen LogP contribution < -0.4 is 10.2 Å². The lowest BCUT2D eigenvalue weighted by Gasteiger charge is -2.36. The molecule has 1 aliphatic rings. The van der Waals surface area contributed by atoms with E-state index in [2.05, 4.69) is 22.2 Å². The summed E-state index contributed by atoms with van der Waals surface area (Å²) < 4.78 is 13.9. The normalized spacial score (nSPS) is 16.3. The summed E-state index contributed by atoms with van der Waals surface area (Å²) in [6.45, 7) is 6.34. The number of benzene rings is 2. The van der Waals surface area contributed by atoms with Crippen molar-refractivity contribution in [3.8, 4) is 0 Å². The predicted octanol–water partition coefficient (Wildman–Crippen LogP) is 3.13. The molecule has 0 aliphatic carbocycles. The maximum atomic E-state index is 13.9. The molecular formula is C21H26FN3O2. The fraction of sp³-hybridized carbons (Fsp3) is 0.381. The van der Waals surface area contributed by atoms with E-state index in [1.54, 1.807) is 24.3 Å². The first-order valence-electron chi connectivity index (χ1n) is 9.22. The van der Waals surface area contributed by atoms with Crippen molar-refractivity contribution in [3.05, 3.63) is 65.0 Å². The highest BCUT2D eigenvalue weighted by Crippen LogP contribution is 2.28. The lowest BCUT2D eigenvalue weighted by Crippen LogP contribution is -2.45. The Bertz CT molecular complexity index is 804. The number of nitrogens with zero attached hydrogens (tertiary/aromatic N) is 2. The Labute approximate surface area is 159 Å². The molecule has 0 radical (unpaired) electrons. The third kappa shape index (κ3) is 4.84. The number of piperazine rings is 1. The van der Waals surface area contributed by atoms with E-state index in [0.717, 1.165) is 43.0 Å². The van der Waals surface area contributed by atoms with Gasteiger partial charge in [0.2, 0.25) is 0 Å². The molecule has 1 unspecified atom stereocenters. The van der Waals surface area contributed by atoms with E-state index in [9.17, 15) is 9.18 Å². The molecule has 2 aromatic rings. The Kier molecular flexibility index (Phi) is 6.08.